The van der Waals surface area contributed by atoms with Crippen molar-refractivity contribution in [2.75, 3.05) is 5.75 Å². The van der Waals surface area contributed by atoms with Crippen molar-refractivity contribution in [3.05, 3.63) is 34.3 Å². The van der Waals surface area contributed by atoms with Gasteiger partial charge in [0, 0.05) is 10.2 Å². The maximum atomic E-state index is 11.2. The van der Waals surface area contributed by atoms with Crippen molar-refractivity contribution in [2.24, 2.45) is 5.73 Å². The molecule has 0 spiro atoms. The number of carbonyl (C=O) groups is 1. The summed E-state index contributed by atoms with van der Waals surface area (Å²) in [6.45, 7) is 0.236. The summed E-state index contributed by atoms with van der Waals surface area (Å²) in [5.41, 5.74) is 6.37. The minimum Gasteiger partial charge on any atom is -0.460 e. The Kier molecular flexibility index (Phi) is 5.14. The lowest BCUT2D eigenvalue weighted by Gasteiger charge is -2.08. The zero-order chi connectivity index (χ0) is 11.3. The third kappa shape index (κ3) is 4.24. The van der Waals surface area contributed by atoms with Crippen LogP contribution in [0.5, 0.6) is 0 Å². The summed E-state index contributed by atoms with van der Waals surface area (Å²) in [5, 5.41) is 0. The zero-order valence-corrected chi connectivity index (χ0v) is 10.5. The van der Waals surface area contributed by atoms with Gasteiger partial charge in [-0.3, -0.25) is 4.79 Å². The van der Waals surface area contributed by atoms with Gasteiger partial charge < -0.3 is 10.5 Å². The molecule has 2 N–H and O–H groups in total. The fourth-order valence-corrected chi connectivity index (χ4v) is 1.56. The first-order chi connectivity index (χ1) is 7.13. The summed E-state index contributed by atoms with van der Waals surface area (Å²) >= 11 is 7.25. The number of halogens is 1. The van der Waals surface area contributed by atoms with E-state index in [4.69, 9.17) is 10.5 Å². The van der Waals surface area contributed by atoms with E-state index in [-0.39, 0.29) is 12.4 Å². The second kappa shape index (κ2) is 6.15. The van der Waals surface area contributed by atoms with Crippen LogP contribution in [0.25, 0.3) is 0 Å². The van der Waals surface area contributed by atoms with Crippen LogP contribution in [0, 0.1) is 0 Å². The summed E-state index contributed by atoms with van der Waals surface area (Å²) in [6, 6.07) is 6.90. The molecule has 0 amide bonds. The van der Waals surface area contributed by atoms with Gasteiger partial charge in [-0.05, 0) is 17.7 Å². The van der Waals surface area contributed by atoms with Crippen LogP contribution in [-0.2, 0) is 16.1 Å². The molecule has 1 rings (SSSR count). The molecule has 0 saturated carbocycles. The molecule has 3 nitrogen and oxygen atoms in total. The van der Waals surface area contributed by atoms with Gasteiger partial charge in [0.25, 0.3) is 0 Å². The number of thiol groups is 1. The zero-order valence-electron chi connectivity index (χ0n) is 8.02. The van der Waals surface area contributed by atoms with E-state index >= 15 is 0 Å². The van der Waals surface area contributed by atoms with Gasteiger partial charge in [-0.1, -0.05) is 28.1 Å². The van der Waals surface area contributed by atoms with E-state index < -0.39 is 12.0 Å². The third-order valence-electron chi connectivity index (χ3n) is 1.77. The fraction of sp³-hybridized carbons (Fsp3) is 0.300. The van der Waals surface area contributed by atoms with Gasteiger partial charge in [-0.2, -0.15) is 12.6 Å². The van der Waals surface area contributed by atoms with Crippen molar-refractivity contribution in [2.45, 2.75) is 12.6 Å². The molecule has 5 heteroatoms. The lowest BCUT2D eigenvalue weighted by atomic mass is 10.2. The number of nitrogens with two attached hydrogens (primary N) is 1. The molecule has 0 aliphatic rings. The quantitative estimate of drug-likeness (QED) is 0.656. The Hall–Kier alpha value is -0.520. The number of hydrogen-bond donors (Lipinski definition) is 2. The van der Waals surface area contributed by atoms with Gasteiger partial charge in [0.2, 0.25) is 0 Å². The SMILES string of the molecule is NC(CS)C(=O)OCc1cccc(Br)c1. The first kappa shape index (κ1) is 12.5. The normalized spacial score (nSPS) is 12.2. The highest BCUT2D eigenvalue weighted by atomic mass is 79.9. The monoisotopic (exact) mass is 289 g/mol. The molecule has 1 aromatic rings. The fourth-order valence-electron chi connectivity index (χ4n) is 0.963. The van der Waals surface area contributed by atoms with Gasteiger partial charge in [-0.15, -0.1) is 0 Å². The van der Waals surface area contributed by atoms with Gasteiger partial charge >= 0.3 is 5.97 Å². The molecule has 0 aliphatic heterocycles. The van der Waals surface area contributed by atoms with Gasteiger partial charge in [0.05, 0.1) is 0 Å². The third-order valence-corrected chi connectivity index (χ3v) is 2.66. The minimum atomic E-state index is -0.652. The van der Waals surface area contributed by atoms with E-state index in [1.165, 1.54) is 0 Å². The largest absolute Gasteiger partial charge is 0.460 e. The summed E-state index contributed by atoms with van der Waals surface area (Å²) in [5.74, 6) is -0.137. The van der Waals surface area contributed by atoms with E-state index in [0.29, 0.717) is 0 Å². The van der Waals surface area contributed by atoms with Crippen LogP contribution in [0.3, 0.4) is 0 Å². The molecule has 0 aliphatic carbocycles. The molecule has 82 valence electrons. The maximum absolute atomic E-state index is 11.2. The summed E-state index contributed by atoms with van der Waals surface area (Å²) in [7, 11) is 0. The van der Waals surface area contributed by atoms with Crippen LogP contribution in [0.15, 0.2) is 28.7 Å². The number of benzene rings is 1. The number of rotatable bonds is 4. The predicted molar refractivity (Wildman–Crippen MR) is 65.8 cm³/mol. The molecule has 0 heterocycles. The van der Waals surface area contributed by atoms with Crippen molar-refractivity contribution in [3.63, 3.8) is 0 Å². The molecular formula is C10H12BrNO2S. The molecule has 0 saturated heterocycles. The molecule has 15 heavy (non-hydrogen) atoms. The van der Waals surface area contributed by atoms with Gasteiger partial charge in [0.15, 0.2) is 0 Å². The van der Waals surface area contributed by atoms with Crippen LogP contribution in [0.2, 0.25) is 0 Å². The molecule has 1 unspecified atom stereocenters. The van der Waals surface area contributed by atoms with Crippen molar-refractivity contribution < 1.29 is 9.53 Å². The van der Waals surface area contributed by atoms with Crippen LogP contribution in [0.1, 0.15) is 5.56 Å². The first-order valence-electron chi connectivity index (χ1n) is 4.41. The smallest absolute Gasteiger partial charge is 0.324 e. The number of esters is 1. The second-order valence-electron chi connectivity index (χ2n) is 3.03. The lowest BCUT2D eigenvalue weighted by molar-refractivity contribution is -0.145. The number of hydrogen-bond acceptors (Lipinski definition) is 4. The molecule has 1 atom stereocenters. The van der Waals surface area contributed by atoms with Crippen LogP contribution in [0.4, 0.5) is 0 Å². The average molecular weight is 290 g/mol. The lowest BCUT2D eigenvalue weighted by Crippen LogP contribution is -2.33. The summed E-state index contributed by atoms with van der Waals surface area (Å²) in [6.07, 6.45) is 0. The molecule has 0 fully saturated rings. The maximum Gasteiger partial charge on any atom is 0.324 e. The highest BCUT2D eigenvalue weighted by Crippen LogP contribution is 2.12. The van der Waals surface area contributed by atoms with Crippen molar-refractivity contribution in [1.29, 1.82) is 0 Å². The highest BCUT2D eigenvalue weighted by Gasteiger charge is 2.12. The Morgan fingerprint density at radius 2 is 2.33 bits per heavy atom. The van der Waals surface area contributed by atoms with Crippen molar-refractivity contribution in [3.8, 4) is 0 Å². The predicted octanol–water partition coefficient (Wildman–Crippen LogP) is 1.75. The van der Waals surface area contributed by atoms with Crippen molar-refractivity contribution >= 4 is 34.5 Å². The molecular weight excluding hydrogens is 278 g/mol. The van der Waals surface area contributed by atoms with E-state index in [1.54, 1.807) is 0 Å². The minimum absolute atomic E-state index is 0.236. The van der Waals surface area contributed by atoms with Crippen LogP contribution >= 0.6 is 28.6 Å². The Balaban J connectivity index is 2.47. The topological polar surface area (TPSA) is 52.3 Å². The Labute approximate surface area is 103 Å². The molecule has 0 bridgehead atoms. The first-order valence-corrected chi connectivity index (χ1v) is 5.83. The molecule has 0 aromatic heterocycles. The van der Waals surface area contributed by atoms with Crippen LogP contribution in [-0.4, -0.2) is 17.8 Å². The number of ether oxygens (including phenoxy) is 1. The Morgan fingerprint density at radius 3 is 2.93 bits per heavy atom. The second-order valence-corrected chi connectivity index (χ2v) is 4.31. The molecule has 1 aromatic carbocycles. The highest BCUT2D eigenvalue weighted by molar-refractivity contribution is 9.10. The number of carbonyl (C=O) groups excluding carboxylic acids is 1. The van der Waals surface area contributed by atoms with E-state index in [0.717, 1.165) is 10.0 Å². The van der Waals surface area contributed by atoms with E-state index in [2.05, 4.69) is 28.6 Å². The van der Waals surface area contributed by atoms with Crippen molar-refractivity contribution in [1.82, 2.24) is 0 Å². The standard InChI is InChI=1S/C10H12BrNO2S/c11-8-3-1-2-7(4-8)5-14-10(13)9(12)6-15/h1-4,9,15H,5-6,12H2. The summed E-state index contributed by atoms with van der Waals surface area (Å²) < 4.78 is 5.96. The van der Waals surface area contributed by atoms with Crippen LogP contribution < -0.4 is 5.73 Å². The average Bonchev–Trinajstić information content (AvgIpc) is 2.25. The van der Waals surface area contributed by atoms with E-state index in [1.807, 2.05) is 24.3 Å². The Morgan fingerprint density at radius 1 is 1.60 bits per heavy atom. The van der Waals surface area contributed by atoms with Gasteiger partial charge in [0.1, 0.15) is 12.6 Å². The van der Waals surface area contributed by atoms with Gasteiger partial charge in [-0.25, -0.2) is 0 Å². The molecule has 0 radical (unpaired) electrons. The Bertz CT molecular complexity index is 346. The van der Waals surface area contributed by atoms with E-state index in [9.17, 15) is 4.79 Å². The summed E-state index contributed by atoms with van der Waals surface area (Å²) in [4.78, 5) is 11.2.